The molecule has 0 radical (unpaired) electrons. The molecule has 4 unspecified atom stereocenters. The van der Waals surface area contributed by atoms with E-state index >= 15 is 0 Å². The molecule has 0 spiro atoms. The van der Waals surface area contributed by atoms with Crippen LogP contribution in [0, 0.1) is 52.3 Å². The first-order valence-corrected chi connectivity index (χ1v) is 13.7. The minimum atomic E-state index is -0.504. The van der Waals surface area contributed by atoms with Crippen molar-refractivity contribution in [1.29, 1.82) is 0 Å². The Morgan fingerprint density at radius 2 is 1.91 bits per heavy atom. The van der Waals surface area contributed by atoms with Gasteiger partial charge in [-0.3, -0.25) is 9.51 Å². The zero-order valence-corrected chi connectivity index (χ0v) is 21.2. The summed E-state index contributed by atoms with van der Waals surface area (Å²) in [6.45, 7) is 9.20. The number of fused-ring (bicyclic) bond motifs is 5. The molecule has 12 atom stereocenters. The van der Waals surface area contributed by atoms with Crippen LogP contribution >= 0.6 is 0 Å². The lowest BCUT2D eigenvalue weighted by molar-refractivity contribution is -0.235. The lowest BCUT2D eigenvalue weighted by Gasteiger charge is -2.66. The summed E-state index contributed by atoms with van der Waals surface area (Å²) in [6.07, 6.45) is 6.95. The van der Waals surface area contributed by atoms with Crippen LogP contribution in [0.5, 0.6) is 0 Å². The molecule has 4 N–H and O–H groups in total. The number of nitrogens with one attached hydrogen (secondary N) is 1. The molecule has 4 fully saturated rings. The van der Waals surface area contributed by atoms with E-state index in [0.29, 0.717) is 30.0 Å². The molecule has 192 valence electrons. The highest BCUT2D eigenvalue weighted by atomic mass is 16.5. The maximum Gasteiger partial charge on any atom is 0.438 e. The Hall–Kier alpha value is -1.18. The van der Waals surface area contributed by atoms with Gasteiger partial charge in [0.15, 0.2) is 5.82 Å². The molecule has 0 bridgehead atoms. The van der Waals surface area contributed by atoms with E-state index in [1.165, 1.54) is 0 Å². The first-order valence-electron chi connectivity index (χ1n) is 13.7. The van der Waals surface area contributed by atoms with Crippen LogP contribution in [0.2, 0.25) is 0 Å². The summed E-state index contributed by atoms with van der Waals surface area (Å²) in [5.74, 6) is 2.10. The van der Waals surface area contributed by atoms with Crippen molar-refractivity contribution in [3.63, 3.8) is 0 Å². The molecular formula is C27H44N2O5. The number of H-pyrrole nitrogens is 1. The molecule has 0 amide bonds. The van der Waals surface area contributed by atoms with Gasteiger partial charge in [-0.1, -0.05) is 39.3 Å². The predicted molar refractivity (Wildman–Crippen MR) is 128 cm³/mol. The number of hydrogen-bond acceptors (Lipinski definition) is 6. The van der Waals surface area contributed by atoms with Crippen LogP contribution in [-0.4, -0.2) is 43.8 Å². The van der Waals surface area contributed by atoms with Crippen LogP contribution < -0.4 is 5.76 Å². The van der Waals surface area contributed by atoms with E-state index in [0.717, 1.165) is 51.4 Å². The molecule has 1 aromatic heterocycles. The van der Waals surface area contributed by atoms with Gasteiger partial charge >= 0.3 is 5.76 Å². The minimum Gasteiger partial charge on any atom is -0.393 e. The Morgan fingerprint density at radius 1 is 1.15 bits per heavy atom. The zero-order valence-electron chi connectivity index (χ0n) is 21.2. The molecule has 4 aliphatic rings. The average Bonchev–Trinajstić information content (AvgIpc) is 3.35. The van der Waals surface area contributed by atoms with Gasteiger partial charge in [-0.05, 0) is 97.2 Å². The molecule has 34 heavy (non-hydrogen) atoms. The Balaban J connectivity index is 1.41. The van der Waals surface area contributed by atoms with Gasteiger partial charge in [-0.15, -0.1) is 0 Å². The third kappa shape index (κ3) is 3.64. The average molecular weight is 477 g/mol. The minimum absolute atomic E-state index is 0.00607. The predicted octanol–water partition coefficient (Wildman–Crippen LogP) is 3.53. The Morgan fingerprint density at radius 3 is 2.59 bits per heavy atom. The molecule has 7 heteroatoms. The Labute approximate surface area is 202 Å². The Kier molecular flexibility index (Phi) is 6.30. The first kappa shape index (κ1) is 24.5. The lowest BCUT2D eigenvalue weighted by Crippen LogP contribution is -2.65. The van der Waals surface area contributed by atoms with E-state index in [2.05, 4.69) is 42.4 Å². The van der Waals surface area contributed by atoms with Crippen molar-refractivity contribution < 1.29 is 19.8 Å². The standard InChI is InChI=1S/C27H44N2O5/c1-5-16-19-12-15(30)10-11-26(19,3)23-20(31)13-27(4)17(7-8-18(27)22(23)24(16)32)14(2)6-9-21-28-25(33)34-29-21/h14-20,22-24,30-32H,5-13H2,1-4H3,(H,28,29,33)/t14-,15-,16-,17-,18?,19?,20+,22?,23?,24-,26+,27-/m1/s1. The second-order valence-corrected chi connectivity index (χ2v) is 12.8. The van der Waals surface area contributed by atoms with E-state index in [-0.39, 0.29) is 40.6 Å². The van der Waals surface area contributed by atoms with E-state index in [1.807, 2.05) is 0 Å². The van der Waals surface area contributed by atoms with Crippen LogP contribution in [0.3, 0.4) is 0 Å². The molecule has 0 aliphatic heterocycles. The topological polar surface area (TPSA) is 120 Å². The molecule has 1 aromatic rings. The molecule has 0 saturated heterocycles. The summed E-state index contributed by atoms with van der Waals surface area (Å²) >= 11 is 0. The third-order valence-electron chi connectivity index (χ3n) is 11.4. The summed E-state index contributed by atoms with van der Waals surface area (Å²) in [6, 6.07) is 0. The van der Waals surface area contributed by atoms with E-state index < -0.39 is 18.0 Å². The fourth-order valence-electron chi connectivity index (χ4n) is 9.98. The SMILES string of the molecule is CC[C@@H]1C2C[C@H](O)CC[C@]2(C)C2C(C3CC[C@H]([C@H](C)CCc4noc(=O)[nH]4)[C@@]3(C)C[C@@H]2O)[C@@H]1O. The molecule has 0 aromatic carbocycles. The van der Waals surface area contributed by atoms with Crippen molar-refractivity contribution >= 4 is 0 Å². The monoisotopic (exact) mass is 476 g/mol. The molecule has 5 rings (SSSR count). The van der Waals surface area contributed by atoms with Crippen molar-refractivity contribution in [3.05, 3.63) is 16.4 Å². The van der Waals surface area contributed by atoms with E-state index in [1.54, 1.807) is 0 Å². The molecule has 1 heterocycles. The van der Waals surface area contributed by atoms with Gasteiger partial charge in [0, 0.05) is 6.42 Å². The van der Waals surface area contributed by atoms with Crippen molar-refractivity contribution in [3.8, 4) is 0 Å². The summed E-state index contributed by atoms with van der Waals surface area (Å²) < 4.78 is 4.66. The summed E-state index contributed by atoms with van der Waals surface area (Å²) in [5.41, 5.74) is -0.0268. The van der Waals surface area contributed by atoms with Crippen molar-refractivity contribution in [2.75, 3.05) is 0 Å². The number of nitrogens with zero attached hydrogens (tertiary/aromatic N) is 1. The quantitative estimate of drug-likeness (QED) is 0.516. The summed E-state index contributed by atoms with van der Waals surface area (Å²) in [4.78, 5) is 13.9. The smallest absolute Gasteiger partial charge is 0.393 e. The molecule has 4 aliphatic carbocycles. The van der Waals surface area contributed by atoms with Crippen LogP contribution in [0.25, 0.3) is 0 Å². The number of hydrogen-bond donors (Lipinski definition) is 4. The number of aromatic nitrogens is 2. The summed E-state index contributed by atoms with van der Waals surface area (Å²) in [5, 5.41) is 37.9. The number of aliphatic hydroxyl groups is 3. The van der Waals surface area contributed by atoms with Gasteiger partial charge in [0.1, 0.15) is 0 Å². The molecule has 7 nitrogen and oxygen atoms in total. The van der Waals surface area contributed by atoms with Crippen LogP contribution in [0.15, 0.2) is 9.32 Å². The van der Waals surface area contributed by atoms with E-state index in [4.69, 9.17) is 0 Å². The fourth-order valence-corrected chi connectivity index (χ4v) is 9.98. The van der Waals surface area contributed by atoms with Gasteiger partial charge in [0.05, 0.1) is 18.3 Å². The van der Waals surface area contributed by atoms with Crippen LogP contribution in [-0.2, 0) is 6.42 Å². The zero-order chi connectivity index (χ0) is 24.4. The van der Waals surface area contributed by atoms with Gasteiger partial charge < -0.3 is 15.3 Å². The first-order chi connectivity index (χ1) is 16.1. The summed E-state index contributed by atoms with van der Waals surface area (Å²) in [7, 11) is 0. The number of aromatic amines is 1. The number of aliphatic hydroxyl groups excluding tert-OH is 3. The van der Waals surface area contributed by atoms with Crippen LogP contribution in [0.1, 0.15) is 84.9 Å². The maximum absolute atomic E-state index is 11.8. The second kappa shape index (κ2) is 8.74. The fraction of sp³-hybridized carbons (Fsp3) is 0.926. The van der Waals surface area contributed by atoms with Gasteiger partial charge in [0.25, 0.3) is 0 Å². The largest absolute Gasteiger partial charge is 0.438 e. The number of rotatable bonds is 5. The molecular weight excluding hydrogens is 432 g/mol. The Bertz CT molecular complexity index is 930. The maximum atomic E-state index is 11.8. The van der Waals surface area contributed by atoms with Gasteiger partial charge in [-0.25, -0.2) is 4.79 Å². The van der Waals surface area contributed by atoms with Crippen LogP contribution in [0.4, 0.5) is 0 Å². The highest BCUT2D eigenvalue weighted by Crippen LogP contribution is 2.69. The molecule has 4 saturated carbocycles. The lowest BCUT2D eigenvalue weighted by atomic mass is 9.40. The highest BCUT2D eigenvalue weighted by molar-refractivity contribution is 5.15. The van der Waals surface area contributed by atoms with Crippen molar-refractivity contribution in [2.24, 2.45) is 52.3 Å². The second-order valence-electron chi connectivity index (χ2n) is 12.8. The van der Waals surface area contributed by atoms with E-state index in [9.17, 15) is 20.1 Å². The van der Waals surface area contributed by atoms with Crippen molar-refractivity contribution in [2.45, 2.75) is 104 Å². The van der Waals surface area contributed by atoms with Gasteiger partial charge in [0.2, 0.25) is 0 Å². The normalized spacial score (nSPS) is 49.2. The van der Waals surface area contributed by atoms with Crippen molar-refractivity contribution in [1.82, 2.24) is 10.1 Å². The highest BCUT2D eigenvalue weighted by Gasteiger charge is 2.67. The van der Waals surface area contributed by atoms with Gasteiger partial charge in [-0.2, -0.15) is 0 Å². The third-order valence-corrected chi connectivity index (χ3v) is 11.4. The number of aryl methyl sites for hydroxylation is 1.